The second kappa shape index (κ2) is 3.11. The minimum atomic E-state index is -0.244. The molecule has 1 aliphatic rings. The van der Waals surface area contributed by atoms with Gasteiger partial charge in [-0.2, -0.15) is 0 Å². The monoisotopic (exact) mass is 210 g/mol. The number of benzene rings is 2. The van der Waals surface area contributed by atoms with Crippen LogP contribution in [0.25, 0.3) is 10.8 Å². The van der Waals surface area contributed by atoms with Crippen molar-refractivity contribution in [1.29, 1.82) is 0 Å². The second-order valence-electron chi connectivity index (χ2n) is 4.56. The van der Waals surface area contributed by atoms with E-state index in [1.54, 1.807) is 0 Å². The second-order valence-corrected chi connectivity index (χ2v) is 4.56. The standard InChI is InChI=1S/C15H14O/c1-3-15(2)10-13-12-7-5-4-6-11(12)8-9-14(13)16-15/h3-9H,1,10H2,2H3/t15-/m1/s1. The molecule has 0 saturated carbocycles. The maximum atomic E-state index is 5.93. The summed E-state index contributed by atoms with van der Waals surface area (Å²) in [4.78, 5) is 0. The maximum Gasteiger partial charge on any atom is 0.128 e. The first-order valence-electron chi connectivity index (χ1n) is 5.55. The smallest absolute Gasteiger partial charge is 0.128 e. The van der Waals surface area contributed by atoms with Crippen LogP contribution in [0, 0.1) is 0 Å². The first-order chi connectivity index (χ1) is 7.72. The first-order valence-corrected chi connectivity index (χ1v) is 5.55. The predicted octanol–water partition coefficient (Wildman–Crippen LogP) is 3.72. The van der Waals surface area contributed by atoms with Crippen molar-refractivity contribution < 1.29 is 4.74 Å². The highest BCUT2D eigenvalue weighted by Gasteiger charge is 2.32. The molecule has 0 saturated heterocycles. The number of fused-ring (bicyclic) bond motifs is 3. The zero-order chi connectivity index (χ0) is 11.2. The molecule has 16 heavy (non-hydrogen) atoms. The Kier molecular flexibility index (Phi) is 1.84. The molecule has 1 heterocycles. The molecule has 1 aliphatic heterocycles. The molecule has 0 amide bonds. The lowest BCUT2D eigenvalue weighted by molar-refractivity contribution is 0.171. The van der Waals surface area contributed by atoms with Crippen LogP contribution < -0.4 is 4.74 Å². The van der Waals surface area contributed by atoms with Crippen LogP contribution in [0.15, 0.2) is 49.1 Å². The predicted molar refractivity (Wildman–Crippen MR) is 66.9 cm³/mol. The Hall–Kier alpha value is -1.76. The van der Waals surface area contributed by atoms with Gasteiger partial charge in [0.1, 0.15) is 11.4 Å². The van der Waals surface area contributed by atoms with Crippen molar-refractivity contribution in [3.05, 3.63) is 54.6 Å². The van der Waals surface area contributed by atoms with E-state index in [4.69, 9.17) is 4.74 Å². The van der Waals surface area contributed by atoms with Gasteiger partial charge in [0.25, 0.3) is 0 Å². The summed E-state index contributed by atoms with van der Waals surface area (Å²) in [6.07, 6.45) is 2.80. The minimum Gasteiger partial charge on any atom is -0.483 e. The van der Waals surface area contributed by atoms with Crippen molar-refractivity contribution in [2.75, 3.05) is 0 Å². The van der Waals surface area contributed by atoms with Crippen molar-refractivity contribution >= 4 is 10.8 Å². The van der Waals surface area contributed by atoms with Crippen molar-refractivity contribution in [2.45, 2.75) is 18.9 Å². The van der Waals surface area contributed by atoms with E-state index in [0.29, 0.717) is 0 Å². The van der Waals surface area contributed by atoms with E-state index in [9.17, 15) is 0 Å². The highest BCUT2D eigenvalue weighted by Crippen LogP contribution is 2.39. The van der Waals surface area contributed by atoms with Crippen molar-refractivity contribution in [3.63, 3.8) is 0 Å². The first kappa shape index (κ1) is 9.46. The largest absolute Gasteiger partial charge is 0.483 e. The number of ether oxygens (including phenoxy) is 1. The summed E-state index contributed by atoms with van der Waals surface area (Å²) in [6, 6.07) is 12.6. The van der Waals surface area contributed by atoms with E-state index >= 15 is 0 Å². The fourth-order valence-electron chi connectivity index (χ4n) is 2.35. The summed E-state index contributed by atoms with van der Waals surface area (Å²) >= 11 is 0. The summed E-state index contributed by atoms with van der Waals surface area (Å²) in [6.45, 7) is 5.93. The van der Waals surface area contributed by atoms with Crippen molar-refractivity contribution in [1.82, 2.24) is 0 Å². The third kappa shape index (κ3) is 1.25. The molecule has 0 spiro atoms. The molecule has 1 atom stereocenters. The van der Waals surface area contributed by atoms with E-state index in [0.717, 1.165) is 12.2 Å². The minimum absolute atomic E-state index is 0.244. The summed E-state index contributed by atoms with van der Waals surface area (Å²) in [7, 11) is 0. The van der Waals surface area contributed by atoms with E-state index in [1.165, 1.54) is 16.3 Å². The lowest BCUT2D eigenvalue weighted by atomic mass is 9.95. The van der Waals surface area contributed by atoms with Crippen LogP contribution in [0.4, 0.5) is 0 Å². The van der Waals surface area contributed by atoms with Crippen LogP contribution >= 0.6 is 0 Å². The number of hydrogen-bond acceptors (Lipinski definition) is 1. The Morgan fingerprint density at radius 3 is 2.88 bits per heavy atom. The Balaban J connectivity index is 2.25. The zero-order valence-corrected chi connectivity index (χ0v) is 9.36. The van der Waals surface area contributed by atoms with Gasteiger partial charge in [0.05, 0.1) is 0 Å². The molecule has 1 heteroatoms. The van der Waals surface area contributed by atoms with E-state index in [-0.39, 0.29) is 5.60 Å². The number of rotatable bonds is 1. The lowest BCUT2D eigenvalue weighted by Gasteiger charge is -2.18. The SMILES string of the molecule is C=C[C@]1(C)Cc2c(ccc3ccccc23)O1. The molecule has 2 aromatic rings. The van der Waals surface area contributed by atoms with Crippen LogP contribution in [-0.2, 0) is 6.42 Å². The lowest BCUT2D eigenvalue weighted by Crippen LogP contribution is -2.26. The van der Waals surface area contributed by atoms with Gasteiger partial charge in [-0.15, -0.1) is 0 Å². The van der Waals surface area contributed by atoms with Gasteiger partial charge in [-0.1, -0.05) is 36.9 Å². The normalized spacial score (nSPS) is 22.8. The van der Waals surface area contributed by atoms with Gasteiger partial charge in [0, 0.05) is 12.0 Å². The molecule has 0 unspecified atom stereocenters. The van der Waals surface area contributed by atoms with Gasteiger partial charge in [0.2, 0.25) is 0 Å². The Morgan fingerprint density at radius 2 is 2.06 bits per heavy atom. The molecule has 0 aliphatic carbocycles. The third-order valence-corrected chi connectivity index (χ3v) is 3.30. The summed E-state index contributed by atoms with van der Waals surface area (Å²) in [5.41, 5.74) is 1.06. The fourth-order valence-corrected chi connectivity index (χ4v) is 2.35. The van der Waals surface area contributed by atoms with Gasteiger partial charge in [-0.3, -0.25) is 0 Å². The third-order valence-electron chi connectivity index (χ3n) is 3.30. The molecule has 1 nitrogen and oxygen atoms in total. The van der Waals surface area contributed by atoms with Crippen molar-refractivity contribution in [2.24, 2.45) is 0 Å². The van der Waals surface area contributed by atoms with Crippen LogP contribution in [0.5, 0.6) is 5.75 Å². The molecule has 0 fully saturated rings. The Bertz CT molecular complexity index is 571. The molecule has 0 aromatic heterocycles. The summed E-state index contributed by atoms with van der Waals surface area (Å²) in [5.74, 6) is 1.00. The molecular weight excluding hydrogens is 196 g/mol. The van der Waals surface area contributed by atoms with E-state index in [2.05, 4.69) is 49.9 Å². The zero-order valence-electron chi connectivity index (χ0n) is 9.36. The Morgan fingerprint density at radius 1 is 1.25 bits per heavy atom. The average molecular weight is 210 g/mol. The van der Waals surface area contributed by atoms with Gasteiger partial charge in [0.15, 0.2) is 0 Å². The quantitative estimate of drug-likeness (QED) is 0.652. The fraction of sp³-hybridized carbons (Fsp3) is 0.200. The van der Waals surface area contributed by atoms with Gasteiger partial charge in [-0.25, -0.2) is 0 Å². The molecule has 3 rings (SSSR count). The molecule has 0 radical (unpaired) electrons. The average Bonchev–Trinajstić information content (AvgIpc) is 2.67. The maximum absolute atomic E-state index is 5.93. The van der Waals surface area contributed by atoms with E-state index in [1.807, 2.05) is 6.08 Å². The number of hydrogen-bond donors (Lipinski definition) is 0. The molecule has 0 N–H and O–H groups in total. The highest BCUT2D eigenvalue weighted by molar-refractivity contribution is 5.88. The highest BCUT2D eigenvalue weighted by atomic mass is 16.5. The van der Waals surface area contributed by atoms with Gasteiger partial charge >= 0.3 is 0 Å². The van der Waals surface area contributed by atoms with Gasteiger partial charge < -0.3 is 4.74 Å². The molecular formula is C15H14O. The van der Waals surface area contributed by atoms with E-state index < -0.39 is 0 Å². The summed E-state index contributed by atoms with van der Waals surface area (Å²) < 4.78 is 5.93. The van der Waals surface area contributed by atoms with Crippen molar-refractivity contribution in [3.8, 4) is 5.75 Å². The Labute approximate surface area is 95.4 Å². The van der Waals surface area contributed by atoms with Crippen LogP contribution in [0.2, 0.25) is 0 Å². The van der Waals surface area contributed by atoms with Crippen LogP contribution in [0.3, 0.4) is 0 Å². The summed E-state index contributed by atoms with van der Waals surface area (Å²) in [5, 5.41) is 2.57. The van der Waals surface area contributed by atoms with Gasteiger partial charge in [-0.05, 0) is 29.8 Å². The molecule has 2 aromatic carbocycles. The van der Waals surface area contributed by atoms with Crippen LogP contribution in [0.1, 0.15) is 12.5 Å². The van der Waals surface area contributed by atoms with Crippen LogP contribution in [-0.4, -0.2) is 5.60 Å². The topological polar surface area (TPSA) is 9.23 Å². The molecule has 80 valence electrons. The molecule has 0 bridgehead atoms.